The molecule has 2 N–H and O–H groups in total. The van der Waals surface area contributed by atoms with E-state index in [2.05, 4.69) is 5.32 Å². The minimum atomic E-state index is -0.953. The highest BCUT2D eigenvalue weighted by Crippen LogP contribution is 2.14. The van der Waals surface area contributed by atoms with E-state index < -0.39 is 18.5 Å². The average Bonchev–Trinajstić information content (AvgIpc) is 2.72. The van der Waals surface area contributed by atoms with E-state index in [1.54, 1.807) is 24.3 Å². The third-order valence-corrected chi connectivity index (χ3v) is 3.92. The Kier molecular flexibility index (Phi) is 7.90. The van der Waals surface area contributed by atoms with Crippen molar-refractivity contribution in [2.24, 2.45) is 0 Å². The topological polar surface area (TPSA) is 119 Å². The Balaban J connectivity index is 1.84. The molecule has 0 saturated heterocycles. The molecule has 0 fully saturated rings. The maximum atomic E-state index is 12.1. The van der Waals surface area contributed by atoms with Crippen LogP contribution >= 0.6 is 0 Å². The number of nitrogens with one attached hydrogen (secondary N) is 1. The van der Waals surface area contributed by atoms with Crippen LogP contribution in [0.5, 0.6) is 5.75 Å². The molecule has 0 radical (unpaired) electrons. The SMILES string of the molecule is COc1cccc(C(=O)COC(=O)c2ccc(NC(=O)CCCC(=O)O)cc2)c1. The Morgan fingerprint density at radius 3 is 2.34 bits per heavy atom. The van der Waals surface area contributed by atoms with Crippen LogP contribution in [0.3, 0.4) is 0 Å². The zero-order valence-electron chi connectivity index (χ0n) is 15.8. The number of amides is 1. The summed E-state index contributed by atoms with van der Waals surface area (Å²) in [5.41, 5.74) is 1.07. The van der Waals surface area contributed by atoms with E-state index in [0.717, 1.165) is 0 Å². The number of benzene rings is 2. The number of anilines is 1. The quantitative estimate of drug-likeness (QED) is 0.466. The number of carboxylic acids is 1. The van der Waals surface area contributed by atoms with Gasteiger partial charge in [-0.25, -0.2) is 4.79 Å². The fourth-order valence-corrected chi connectivity index (χ4v) is 2.41. The standard InChI is InChI=1S/C21H21NO7/c1-28-17-5-2-4-15(12-17)18(23)13-29-21(27)14-8-10-16(11-9-14)22-19(24)6-3-7-20(25)26/h2,4-5,8-12H,3,6-7,13H2,1H3,(H,22,24)(H,25,26). The highest BCUT2D eigenvalue weighted by atomic mass is 16.5. The second-order valence-electron chi connectivity index (χ2n) is 6.10. The Hall–Kier alpha value is -3.68. The maximum Gasteiger partial charge on any atom is 0.338 e. The Bertz CT molecular complexity index is 890. The van der Waals surface area contributed by atoms with E-state index in [1.807, 2.05) is 0 Å². The number of carboxylic acid groups (broad SMARTS) is 1. The molecule has 0 unspecified atom stereocenters. The zero-order valence-corrected chi connectivity index (χ0v) is 15.8. The molecule has 2 aromatic carbocycles. The number of esters is 1. The van der Waals surface area contributed by atoms with Crippen molar-refractivity contribution in [1.82, 2.24) is 0 Å². The molecule has 0 bridgehead atoms. The molecule has 8 nitrogen and oxygen atoms in total. The third kappa shape index (κ3) is 7.10. The van der Waals surface area contributed by atoms with Gasteiger partial charge in [-0.3, -0.25) is 14.4 Å². The third-order valence-electron chi connectivity index (χ3n) is 3.92. The van der Waals surface area contributed by atoms with Crippen molar-refractivity contribution in [3.63, 3.8) is 0 Å². The van der Waals surface area contributed by atoms with Crippen LogP contribution in [0, 0.1) is 0 Å². The lowest BCUT2D eigenvalue weighted by Crippen LogP contribution is -2.15. The second kappa shape index (κ2) is 10.6. The monoisotopic (exact) mass is 399 g/mol. The van der Waals surface area contributed by atoms with Gasteiger partial charge in [-0.05, 0) is 42.8 Å². The van der Waals surface area contributed by atoms with Crippen molar-refractivity contribution in [3.05, 3.63) is 59.7 Å². The summed E-state index contributed by atoms with van der Waals surface area (Å²) in [7, 11) is 1.49. The van der Waals surface area contributed by atoms with Crippen molar-refractivity contribution >= 4 is 29.3 Å². The number of hydrogen-bond acceptors (Lipinski definition) is 6. The Morgan fingerprint density at radius 2 is 1.69 bits per heavy atom. The van der Waals surface area contributed by atoms with Crippen molar-refractivity contribution in [2.45, 2.75) is 19.3 Å². The molecule has 0 aliphatic heterocycles. The second-order valence-corrected chi connectivity index (χ2v) is 6.10. The van der Waals surface area contributed by atoms with Gasteiger partial charge < -0.3 is 19.9 Å². The lowest BCUT2D eigenvalue weighted by atomic mass is 10.1. The summed E-state index contributed by atoms with van der Waals surface area (Å²) in [5, 5.41) is 11.2. The van der Waals surface area contributed by atoms with Crippen LogP contribution in [-0.2, 0) is 14.3 Å². The number of ether oxygens (including phenoxy) is 2. The molecule has 0 aliphatic carbocycles. The number of carbonyl (C=O) groups excluding carboxylic acids is 3. The van der Waals surface area contributed by atoms with E-state index in [0.29, 0.717) is 17.0 Å². The normalized spacial score (nSPS) is 10.1. The van der Waals surface area contributed by atoms with Crippen LogP contribution < -0.4 is 10.1 Å². The first-order valence-corrected chi connectivity index (χ1v) is 8.85. The van der Waals surface area contributed by atoms with Crippen molar-refractivity contribution < 1.29 is 33.8 Å². The predicted octanol–water partition coefficient (Wildman–Crippen LogP) is 2.93. The predicted molar refractivity (Wildman–Crippen MR) is 104 cm³/mol. The van der Waals surface area contributed by atoms with Gasteiger partial charge in [0.2, 0.25) is 5.91 Å². The van der Waals surface area contributed by atoms with Gasteiger partial charge >= 0.3 is 11.9 Å². The van der Waals surface area contributed by atoms with Gasteiger partial charge in [0, 0.05) is 24.1 Å². The number of ketones is 1. The van der Waals surface area contributed by atoms with Crippen molar-refractivity contribution in [2.75, 3.05) is 19.0 Å². The van der Waals surface area contributed by atoms with Gasteiger partial charge in [0.05, 0.1) is 12.7 Å². The largest absolute Gasteiger partial charge is 0.497 e. The molecule has 0 saturated carbocycles. The fourth-order valence-electron chi connectivity index (χ4n) is 2.41. The van der Waals surface area contributed by atoms with Crippen LogP contribution in [0.2, 0.25) is 0 Å². The lowest BCUT2D eigenvalue weighted by molar-refractivity contribution is -0.137. The van der Waals surface area contributed by atoms with Gasteiger partial charge in [-0.15, -0.1) is 0 Å². The van der Waals surface area contributed by atoms with Crippen LogP contribution in [0.1, 0.15) is 40.0 Å². The Labute approximate surface area is 167 Å². The number of aliphatic carboxylic acids is 1. The van der Waals surface area contributed by atoms with Gasteiger partial charge in [0.25, 0.3) is 0 Å². The first-order chi connectivity index (χ1) is 13.9. The van der Waals surface area contributed by atoms with E-state index in [-0.39, 0.29) is 36.5 Å². The summed E-state index contributed by atoms with van der Waals surface area (Å²) in [4.78, 5) is 46.4. The number of Topliss-reactive ketones (excluding diaryl/α,β-unsaturated/α-hetero) is 1. The van der Waals surface area contributed by atoms with Crippen LogP contribution in [0.15, 0.2) is 48.5 Å². The molecular weight excluding hydrogens is 378 g/mol. The average molecular weight is 399 g/mol. The molecule has 0 aromatic heterocycles. The van der Waals surface area contributed by atoms with E-state index in [1.165, 1.54) is 31.4 Å². The zero-order chi connectivity index (χ0) is 21.2. The fraction of sp³-hybridized carbons (Fsp3) is 0.238. The van der Waals surface area contributed by atoms with Gasteiger partial charge in [0.1, 0.15) is 5.75 Å². The number of rotatable bonds is 10. The van der Waals surface area contributed by atoms with Crippen molar-refractivity contribution in [1.29, 1.82) is 0 Å². The highest BCUT2D eigenvalue weighted by molar-refractivity contribution is 5.99. The van der Waals surface area contributed by atoms with Gasteiger partial charge in [0.15, 0.2) is 12.4 Å². The van der Waals surface area contributed by atoms with Crippen molar-refractivity contribution in [3.8, 4) is 5.75 Å². The molecular formula is C21H21NO7. The lowest BCUT2D eigenvalue weighted by Gasteiger charge is -2.07. The molecule has 2 rings (SSSR count). The molecule has 0 aliphatic rings. The van der Waals surface area contributed by atoms with E-state index >= 15 is 0 Å². The van der Waals surface area contributed by atoms with E-state index in [9.17, 15) is 19.2 Å². The van der Waals surface area contributed by atoms with Crippen LogP contribution in [0.25, 0.3) is 0 Å². The summed E-state index contributed by atoms with van der Waals surface area (Å²) in [6, 6.07) is 12.5. The summed E-state index contributed by atoms with van der Waals surface area (Å²) in [6.45, 7) is -0.409. The molecule has 29 heavy (non-hydrogen) atoms. The van der Waals surface area contributed by atoms with Crippen LogP contribution in [-0.4, -0.2) is 42.5 Å². The summed E-state index contributed by atoms with van der Waals surface area (Å²) in [6.07, 6.45) is 0.252. The van der Waals surface area contributed by atoms with E-state index in [4.69, 9.17) is 14.6 Å². The van der Waals surface area contributed by atoms with Gasteiger partial charge in [-0.1, -0.05) is 12.1 Å². The minimum absolute atomic E-state index is 0.0767. The van der Waals surface area contributed by atoms with Gasteiger partial charge in [-0.2, -0.15) is 0 Å². The molecule has 1 amide bonds. The minimum Gasteiger partial charge on any atom is -0.497 e. The highest BCUT2D eigenvalue weighted by Gasteiger charge is 2.13. The Morgan fingerprint density at radius 1 is 0.966 bits per heavy atom. The first kappa shape index (κ1) is 21.6. The maximum absolute atomic E-state index is 12.1. The molecule has 0 heterocycles. The molecule has 0 spiro atoms. The molecule has 8 heteroatoms. The summed E-state index contributed by atoms with van der Waals surface area (Å²) < 4.78 is 10.1. The number of methoxy groups -OCH3 is 1. The number of carbonyl (C=O) groups is 4. The number of hydrogen-bond donors (Lipinski definition) is 2. The first-order valence-electron chi connectivity index (χ1n) is 8.85. The van der Waals surface area contributed by atoms with Crippen LogP contribution in [0.4, 0.5) is 5.69 Å². The molecule has 2 aromatic rings. The summed E-state index contributed by atoms with van der Waals surface area (Å²) >= 11 is 0. The smallest absolute Gasteiger partial charge is 0.338 e. The summed E-state index contributed by atoms with van der Waals surface area (Å²) in [5.74, 6) is -1.76. The molecule has 0 atom stereocenters. The molecule has 152 valence electrons.